The van der Waals surface area contributed by atoms with E-state index in [-0.39, 0.29) is 28.4 Å². The van der Waals surface area contributed by atoms with Crippen LogP contribution in [0.5, 0.6) is 5.75 Å². The molecule has 1 saturated carbocycles. The highest BCUT2D eigenvalue weighted by atomic mass is 35.5. The van der Waals surface area contributed by atoms with E-state index < -0.39 is 18.0 Å². The average Bonchev–Trinajstić information content (AvgIpc) is 2.53. The van der Waals surface area contributed by atoms with Crippen molar-refractivity contribution in [3.8, 4) is 5.75 Å². The van der Waals surface area contributed by atoms with Crippen molar-refractivity contribution in [2.45, 2.75) is 37.8 Å². The number of hydrogen-bond acceptors (Lipinski definition) is 4. The molecule has 1 aliphatic heterocycles. The van der Waals surface area contributed by atoms with E-state index in [2.05, 4.69) is 5.32 Å². The molecule has 1 aromatic carbocycles. The van der Waals surface area contributed by atoms with Gasteiger partial charge in [-0.05, 0) is 56.2 Å². The van der Waals surface area contributed by atoms with Gasteiger partial charge in [-0.2, -0.15) is 0 Å². The van der Waals surface area contributed by atoms with Crippen molar-refractivity contribution in [3.63, 3.8) is 0 Å². The second-order valence-electron chi connectivity index (χ2n) is 6.53. The molecule has 0 aromatic heterocycles. The third kappa shape index (κ3) is 3.49. The Morgan fingerprint density at radius 1 is 1.17 bits per heavy atom. The number of rotatable bonds is 4. The molecule has 3 rings (SSSR count). The summed E-state index contributed by atoms with van der Waals surface area (Å²) >= 11 is 5.97. The van der Waals surface area contributed by atoms with Crippen LogP contribution in [0, 0.1) is 11.8 Å². The van der Waals surface area contributed by atoms with Crippen molar-refractivity contribution >= 4 is 23.5 Å². The zero-order valence-corrected chi connectivity index (χ0v) is 13.8. The van der Waals surface area contributed by atoms with Gasteiger partial charge in [-0.15, -0.1) is 0 Å². The standard InChI is InChI=1S/C17H20ClNO5/c18-12-2-1-3-14(15(12)17(22)23)24-11-5-4-9-8-19-13(16(20)21)7-10(9)6-11/h1-3,9-11,13,19H,4-8H2,(H,20,21)(H,22,23)/t9-,10-,11-,13-/m0/s1. The zero-order valence-electron chi connectivity index (χ0n) is 13.1. The second-order valence-corrected chi connectivity index (χ2v) is 6.93. The van der Waals surface area contributed by atoms with Crippen LogP contribution < -0.4 is 10.1 Å². The molecule has 7 heteroatoms. The Morgan fingerprint density at radius 2 is 1.96 bits per heavy atom. The number of carboxylic acids is 2. The van der Waals surface area contributed by atoms with E-state index in [0.717, 1.165) is 19.3 Å². The summed E-state index contributed by atoms with van der Waals surface area (Å²) in [5.74, 6) is -0.920. The predicted octanol–water partition coefficient (Wildman–Crippen LogP) is 2.65. The number of carbonyl (C=O) groups is 2. The van der Waals surface area contributed by atoms with Crippen molar-refractivity contribution in [2.75, 3.05) is 6.54 Å². The lowest BCUT2D eigenvalue weighted by Gasteiger charge is -2.41. The molecule has 0 spiro atoms. The molecular weight excluding hydrogens is 334 g/mol. The Bertz CT molecular complexity index is 650. The molecule has 0 radical (unpaired) electrons. The molecule has 1 saturated heterocycles. The monoisotopic (exact) mass is 353 g/mol. The molecule has 4 atom stereocenters. The van der Waals surface area contributed by atoms with Gasteiger partial charge in [0.25, 0.3) is 0 Å². The highest BCUT2D eigenvalue weighted by Crippen LogP contribution is 2.38. The molecule has 2 aliphatic rings. The summed E-state index contributed by atoms with van der Waals surface area (Å²) in [6, 6.07) is 4.30. The van der Waals surface area contributed by atoms with Crippen LogP contribution >= 0.6 is 11.6 Å². The van der Waals surface area contributed by atoms with E-state index >= 15 is 0 Å². The van der Waals surface area contributed by atoms with Crippen LogP contribution in [0.1, 0.15) is 36.0 Å². The Kier molecular flexibility index (Phi) is 4.96. The second kappa shape index (κ2) is 6.99. The highest BCUT2D eigenvalue weighted by molar-refractivity contribution is 6.33. The number of fused-ring (bicyclic) bond motifs is 1. The summed E-state index contributed by atoms with van der Waals surface area (Å²) in [5, 5.41) is 21.7. The molecule has 0 bridgehead atoms. The first kappa shape index (κ1) is 17.0. The fourth-order valence-corrected chi connectivity index (χ4v) is 4.05. The fourth-order valence-electron chi connectivity index (χ4n) is 3.81. The number of piperidine rings is 1. The summed E-state index contributed by atoms with van der Waals surface area (Å²) < 4.78 is 5.94. The van der Waals surface area contributed by atoms with Crippen LogP contribution in [0.25, 0.3) is 0 Å². The largest absolute Gasteiger partial charge is 0.489 e. The molecule has 0 unspecified atom stereocenters. The number of nitrogens with one attached hydrogen (secondary N) is 1. The quantitative estimate of drug-likeness (QED) is 0.770. The van der Waals surface area contributed by atoms with Crippen LogP contribution in [0.2, 0.25) is 5.02 Å². The average molecular weight is 354 g/mol. The highest BCUT2D eigenvalue weighted by Gasteiger charge is 2.38. The molecule has 130 valence electrons. The summed E-state index contributed by atoms with van der Waals surface area (Å²) in [6.07, 6.45) is 2.97. The predicted molar refractivity (Wildman–Crippen MR) is 87.7 cm³/mol. The molecule has 1 aliphatic carbocycles. The number of halogens is 1. The van der Waals surface area contributed by atoms with Crippen molar-refractivity contribution in [1.29, 1.82) is 0 Å². The lowest BCUT2D eigenvalue weighted by atomic mass is 9.72. The van der Waals surface area contributed by atoms with E-state index in [4.69, 9.17) is 16.3 Å². The van der Waals surface area contributed by atoms with Crippen LogP contribution in [0.4, 0.5) is 0 Å². The van der Waals surface area contributed by atoms with Gasteiger partial charge in [0, 0.05) is 0 Å². The third-order valence-corrected chi connectivity index (χ3v) is 5.35. The fraction of sp³-hybridized carbons (Fsp3) is 0.529. The Morgan fingerprint density at radius 3 is 2.67 bits per heavy atom. The molecule has 24 heavy (non-hydrogen) atoms. The molecule has 3 N–H and O–H groups in total. The number of ether oxygens (including phenoxy) is 1. The van der Waals surface area contributed by atoms with Gasteiger partial charge in [-0.25, -0.2) is 4.79 Å². The molecule has 1 aromatic rings. The summed E-state index contributed by atoms with van der Waals surface area (Å²) in [5.41, 5.74) is -0.0185. The number of aromatic carboxylic acids is 1. The van der Waals surface area contributed by atoms with Gasteiger partial charge in [0.1, 0.15) is 17.4 Å². The van der Waals surface area contributed by atoms with Gasteiger partial charge >= 0.3 is 11.9 Å². The zero-order chi connectivity index (χ0) is 17.3. The molecule has 0 amide bonds. The Balaban J connectivity index is 1.70. The van der Waals surface area contributed by atoms with E-state index in [0.29, 0.717) is 18.9 Å². The minimum absolute atomic E-state index is 0.0185. The maximum atomic E-state index is 11.4. The minimum Gasteiger partial charge on any atom is -0.489 e. The number of carboxylic acid groups (broad SMARTS) is 2. The van der Waals surface area contributed by atoms with Crippen LogP contribution in [0.15, 0.2) is 18.2 Å². The first-order valence-corrected chi connectivity index (χ1v) is 8.48. The molecule has 1 heterocycles. The summed E-state index contributed by atoms with van der Waals surface area (Å²) in [4.78, 5) is 22.6. The lowest BCUT2D eigenvalue weighted by Crippen LogP contribution is -2.50. The summed E-state index contributed by atoms with van der Waals surface area (Å²) in [6.45, 7) is 0.714. The molecule has 2 fully saturated rings. The molecule has 6 nitrogen and oxygen atoms in total. The van der Waals surface area contributed by atoms with E-state index in [1.165, 1.54) is 6.07 Å². The topological polar surface area (TPSA) is 95.9 Å². The lowest BCUT2D eigenvalue weighted by molar-refractivity contribution is -0.141. The Hall–Kier alpha value is -1.79. The maximum absolute atomic E-state index is 11.4. The van der Waals surface area contributed by atoms with Crippen LogP contribution in [0.3, 0.4) is 0 Å². The van der Waals surface area contributed by atoms with Crippen molar-refractivity contribution < 1.29 is 24.5 Å². The maximum Gasteiger partial charge on any atom is 0.341 e. The number of hydrogen-bond donors (Lipinski definition) is 3. The van der Waals surface area contributed by atoms with Crippen LogP contribution in [-0.2, 0) is 4.79 Å². The SMILES string of the molecule is O=C(O)c1c(Cl)cccc1O[C@H]1CC[C@H]2CN[C@H](C(=O)O)C[C@@H]2C1. The van der Waals surface area contributed by atoms with Crippen molar-refractivity contribution in [3.05, 3.63) is 28.8 Å². The van der Waals surface area contributed by atoms with Crippen molar-refractivity contribution in [2.24, 2.45) is 11.8 Å². The van der Waals surface area contributed by atoms with Crippen molar-refractivity contribution in [1.82, 2.24) is 5.32 Å². The Labute approximate surface area is 144 Å². The minimum atomic E-state index is -1.11. The first-order chi connectivity index (χ1) is 11.5. The van der Waals surface area contributed by atoms with Gasteiger partial charge in [0.15, 0.2) is 0 Å². The molecular formula is C17H20ClNO5. The van der Waals surface area contributed by atoms with Gasteiger partial charge in [-0.1, -0.05) is 17.7 Å². The number of aliphatic carboxylic acids is 1. The van der Waals surface area contributed by atoms with Crippen LogP contribution in [-0.4, -0.2) is 40.8 Å². The van der Waals surface area contributed by atoms with Gasteiger partial charge < -0.3 is 20.3 Å². The van der Waals surface area contributed by atoms with E-state index in [9.17, 15) is 19.8 Å². The van der Waals surface area contributed by atoms with E-state index in [1.807, 2.05) is 0 Å². The first-order valence-electron chi connectivity index (χ1n) is 8.10. The summed E-state index contributed by atoms with van der Waals surface area (Å²) in [7, 11) is 0. The van der Waals surface area contributed by atoms with Gasteiger partial charge in [0.05, 0.1) is 11.1 Å². The normalized spacial score (nSPS) is 29.5. The smallest absolute Gasteiger partial charge is 0.341 e. The van der Waals surface area contributed by atoms with E-state index in [1.54, 1.807) is 12.1 Å². The third-order valence-electron chi connectivity index (χ3n) is 5.04. The van der Waals surface area contributed by atoms with Gasteiger partial charge in [-0.3, -0.25) is 4.79 Å². The van der Waals surface area contributed by atoms with Gasteiger partial charge in [0.2, 0.25) is 0 Å². The number of benzene rings is 1.